The summed E-state index contributed by atoms with van der Waals surface area (Å²) in [6, 6.07) is 0.438. The van der Waals surface area contributed by atoms with Gasteiger partial charge in [-0.1, -0.05) is 78.6 Å². The van der Waals surface area contributed by atoms with E-state index in [1.165, 1.54) is 70.6 Å². The maximum Gasteiger partial charge on any atom is 0.195 e. The Kier molecular flexibility index (Phi) is 19.1. The van der Waals surface area contributed by atoms with Crippen molar-refractivity contribution in [3.63, 3.8) is 0 Å². The summed E-state index contributed by atoms with van der Waals surface area (Å²) in [5, 5.41) is 7.61. The minimum Gasteiger partial charge on any atom is -0.349 e. The number of nitrogens with zero attached hydrogens (tertiary/aromatic N) is 3. The van der Waals surface area contributed by atoms with Crippen molar-refractivity contribution in [2.45, 2.75) is 123 Å². The van der Waals surface area contributed by atoms with Crippen molar-refractivity contribution in [1.29, 1.82) is 0 Å². The third-order valence-corrected chi connectivity index (χ3v) is 6.72. The van der Waals surface area contributed by atoms with Crippen molar-refractivity contribution < 1.29 is 0 Å². The summed E-state index contributed by atoms with van der Waals surface area (Å²) in [6.45, 7) is 12.3. The second-order valence-corrected chi connectivity index (χ2v) is 10.3. The lowest BCUT2D eigenvalue weighted by Crippen LogP contribution is -2.46. The smallest absolute Gasteiger partial charge is 0.195 e. The molecule has 0 aromatic carbocycles. The molecule has 0 bridgehead atoms. The van der Waals surface area contributed by atoms with Crippen molar-refractivity contribution in [3.05, 3.63) is 0 Å². The molecule has 0 saturated carbocycles. The van der Waals surface area contributed by atoms with Crippen LogP contribution in [-0.2, 0) is 0 Å². The Hall–Kier alpha value is -0.810. The molecule has 0 saturated heterocycles. The molecular formula is C27H59N5. The number of guanidine groups is 1. The Morgan fingerprint density at radius 1 is 0.781 bits per heavy atom. The van der Waals surface area contributed by atoms with Crippen LogP contribution in [0.2, 0.25) is 0 Å². The summed E-state index contributed by atoms with van der Waals surface area (Å²) < 4.78 is 0. The monoisotopic (exact) mass is 453 g/mol. The summed E-state index contributed by atoms with van der Waals surface area (Å²) in [6.07, 6.45) is 17.5. The third kappa shape index (κ3) is 15.9. The SMILES string of the molecule is CCCCCCCCCCCCNC(C)(CC)CCNC(CC)CN=C(N(C)C)N(C)C. The number of unbranched alkanes of at least 4 members (excludes halogenated alkanes) is 9. The van der Waals surface area contributed by atoms with Gasteiger partial charge in [-0.3, -0.25) is 4.99 Å². The van der Waals surface area contributed by atoms with Crippen LogP contribution >= 0.6 is 0 Å². The van der Waals surface area contributed by atoms with Crippen LogP contribution in [0.3, 0.4) is 0 Å². The summed E-state index contributed by atoms with van der Waals surface area (Å²) in [4.78, 5) is 8.99. The van der Waals surface area contributed by atoms with E-state index < -0.39 is 0 Å². The normalized spacial score (nSPS) is 14.1. The number of rotatable bonds is 20. The van der Waals surface area contributed by atoms with Crippen LogP contribution in [0.25, 0.3) is 0 Å². The predicted octanol–water partition coefficient (Wildman–Crippen LogP) is 5.90. The van der Waals surface area contributed by atoms with Gasteiger partial charge in [0, 0.05) is 39.8 Å². The zero-order valence-corrected chi connectivity index (χ0v) is 23.2. The fraction of sp³-hybridized carbons (Fsp3) is 0.963. The van der Waals surface area contributed by atoms with Gasteiger partial charge in [-0.15, -0.1) is 0 Å². The van der Waals surface area contributed by atoms with Gasteiger partial charge in [0.2, 0.25) is 0 Å². The van der Waals surface area contributed by atoms with Crippen molar-refractivity contribution >= 4 is 5.96 Å². The van der Waals surface area contributed by atoms with Crippen LogP contribution in [0.5, 0.6) is 0 Å². The summed E-state index contributed by atoms with van der Waals surface area (Å²) >= 11 is 0. The lowest BCUT2D eigenvalue weighted by Gasteiger charge is -2.31. The predicted molar refractivity (Wildman–Crippen MR) is 145 cm³/mol. The first kappa shape index (κ1) is 31.2. The average Bonchev–Trinajstić information content (AvgIpc) is 2.76. The van der Waals surface area contributed by atoms with E-state index in [1.54, 1.807) is 0 Å². The van der Waals surface area contributed by atoms with Crippen molar-refractivity contribution in [1.82, 2.24) is 20.4 Å². The minimum absolute atomic E-state index is 0.228. The van der Waals surface area contributed by atoms with E-state index in [1.807, 2.05) is 0 Å². The van der Waals surface area contributed by atoms with Gasteiger partial charge in [-0.25, -0.2) is 0 Å². The fourth-order valence-corrected chi connectivity index (χ4v) is 4.16. The van der Waals surface area contributed by atoms with E-state index >= 15 is 0 Å². The maximum atomic E-state index is 4.83. The number of nitrogens with one attached hydrogen (secondary N) is 2. The molecule has 5 heteroatoms. The molecule has 0 aromatic heterocycles. The molecule has 192 valence electrons. The molecular weight excluding hydrogens is 394 g/mol. The molecule has 0 heterocycles. The molecule has 0 radical (unpaired) electrons. The van der Waals surface area contributed by atoms with Gasteiger partial charge in [0.05, 0.1) is 6.54 Å². The molecule has 0 spiro atoms. The molecule has 0 fully saturated rings. The third-order valence-electron chi connectivity index (χ3n) is 6.72. The number of hydrogen-bond acceptors (Lipinski definition) is 3. The summed E-state index contributed by atoms with van der Waals surface area (Å²) in [5.41, 5.74) is 0.228. The maximum absolute atomic E-state index is 4.83. The molecule has 2 unspecified atom stereocenters. The summed E-state index contributed by atoms with van der Waals surface area (Å²) in [7, 11) is 8.22. The van der Waals surface area contributed by atoms with E-state index in [0.717, 1.165) is 38.4 Å². The zero-order chi connectivity index (χ0) is 24.2. The van der Waals surface area contributed by atoms with Gasteiger partial charge >= 0.3 is 0 Å². The van der Waals surface area contributed by atoms with E-state index in [4.69, 9.17) is 4.99 Å². The zero-order valence-electron chi connectivity index (χ0n) is 23.2. The van der Waals surface area contributed by atoms with Gasteiger partial charge in [-0.2, -0.15) is 0 Å². The van der Waals surface area contributed by atoms with Gasteiger partial charge in [-0.05, 0) is 45.7 Å². The minimum atomic E-state index is 0.228. The van der Waals surface area contributed by atoms with Crippen LogP contribution in [0.4, 0.5) is 0 Å². The van der Waals surface area contributed by atoms with Crippen LogP contribution < -0.4 is 10.6 Å². The lowest BCUT2D eigenvalue weighted by molar-refractivity contribution is 0.304. The van der Waals surface area contributed by atoms with Gasteiger partial charge in [0.1, 0.15) is 0 Å². The van der Waals surface area contributed by atoms with Crippen LogP contribution in [0.15, 0.2) is 4.99 Å². The van der Waals surface area contributed by atoms with Crippen molar-refractivity contribution in [3.8, 4) is 0 Å². The molecule has 0 aliphatic heterocycles. The largest absolute Gasteiger partial charge is 0.349 e. The Balaban J connectivity index is 4.06. The first-order valence-corrected chi connectivity index (χ1v) is 13.7. The molecule has 0 aliphatic carbocycles. The second kappa shape index (κ2) is 19.6. The van der Waals surface area contributed by atoms with Crippen molar-refractivity contribution in [2.75, 3.05) is 47.8 Å². The molecule has 2 atom stereocenters. The molecule has 0 aliphatic rings. The first-order valence-electron chi connectivity index (χ1n) is 13.7. The molecule has 0 aromatic rings. The standard InChI is InChI=1S/C27H59N5/c1-9-12-13-14-15-16-17-18-19-20-22-30-27(4,11-3)21-23-28-25(10-2)24-29-26(31(5)6)32(7)8/h25,28,30H,9-24H2,1-8H3. The van der Waals surface area contributed by atoms with Gasteiger partial charge in [0.25, 0.3) is 0 Å². The van der Waals surface area contributed by atoms with E-state index in [0.29, 0.717) is 6.04 Å². The molecule has 5 nitrogen and oxygen atoms in total. The molecule has 32 heavy (non-hydrogen) atoms. The Morgan fingerprint density at radius 2 is 1.31 bits per heavy atom. The highest BCUT2D eigenvalue weighted by molar-refractivity contribution is 5.79. The van der Waals surface area contributed by atoms with Crippen molar-refractivity contribution in [2.24, 2.45) is 4.99 Å². The molecule has 0 amide bonds. The Bertz CT molecular complexity index is 439. The highest BCUT2D eigenvalue weighted by Crippen LogP contribution is 2.15. The lowest BCUT2D eigenvalue weighted by atomic mass is 9.94. The first-order chi connectivity index (χ1) is 15.3. The number of aliphatic imine (C=N–C) groups is 1. The van der Waals surface area contributed by atoms with Crippen LogP contribution in [-0.4, -0.2) is 75.2 Å². The second-order valence-electron chi connectivity index (χ2n) is 10.3. The number of hydrogen-bond donors (Lipinski definition) is 2. The van der Waals surface area contributed by atoms with Crippen LogP contribution in [0, 0.1) is 0 Å². The van der Waals surface area contributed by atoms with Gasteiger partial charge < -0.3 is 20.4 Å². The topological polar surface area (TPSA) is 42.9 Å². The highest BCUT2D eigenvalue weighted by Gasteiger charge is 2.21. The quantitative estimate of drug-likeness (QED) is 0.137. The van der Waals surface area contributed by atoms with Gasteiger partial charge in [0.15, 0.2) is 5.96 Å². The Morgan fingerprint density at radius 3 is 1.78 bits per heavy atom. The molecule has 0 rings (SSSR count). The van der Waals surface area contributed by atoms with E-state index in [-0.39, 0.29) is 5.54 Å². The average molecular weight is 454 g/mol. The summed E-state index contributed by atoms with van der Waals surface area (Å²) in [5.74, 6) is 1.03. The Labute approximate surface area is 202 Å². The fourth-order valence-electron chi connectivity index (χ4n) is 4.16. The van der Waals surface area contributed by atoms with Crippen LogP contribution in [0.1, 0.15) is 111 Å². The van der Waals surface area contributed by atoms with E-state index in [9.17, 15) is 0 Å². The van der Waals surface area contributed by atoms with E-state index in [2.05, 4.69) is 76.3 Å². The molecule has 2 N–H and O–H groups in total. The highest BCUT2D eigenvalue weighted by atomic mass is 15.3.